The smallest absolute Gasteiger partial charge is 0.262 e. The molecule has 1 amide bonds. The summed E-state index contributed by atoms with van der Waals surface area (Å²) in [7, 11) is 0. The molecular formula is C14H10Br3NO2. The average molecular weight is 464 g/mol. The molecule has 0 fully saturated rings. The topological polar surface area (TPSA) is 38.3 Å². The Balaban J connectivity index is 1.92. The van der Waals surface area contributed by atoms with Gasteiger partial charge in [-0.2, -0.15) is 0 Å². The first-order chi connectivity index (χ1) is 9.54. The minimum absolute atomic E-state index is 0.0489. The molecule has 0 aliphatic heterocycles. The van der Waals surface area contributed by atoms with Crippen LogP contribution in [0.2, 0.25) is 0 Å². The van der Waals surface area contributed by atoms with Crippen molar-refractivity contribution in [2.24, 2.45) is 0 Å². The van der Waals surface area contributed by atoms with E-state index in [1.165, 1.54) is 0 Å². The van der Waals surface area contributed by atoms with E-state index in [0.717, 1.165) is 19.1 Å². The van der Waals surface area contributed by atoms with Crippen LogP contribution in [-0.2, 0) is 4.79 Å². The molecule has 20 heavy (non-hydrogen) atoms. The van der Waals surface area contributed by atoms with E-state index in [-0.39, 0.29) is 12.5 Å². The third-order valence-corrected chi connectivity index (χ3v) is 3.97. The first-order valence-electron chi connectivity index (χ1n) is 5.68. The van der Waals surface area contributed by atoms with Gasteiger partial charge in [0, 0.05) is 14.6 Å². The lowest BCUT2D eigenvalue weighted by Crippen LogP contribution is -2.20. The summed E-state index contributed by atoms with van der Waals surface area (Å²) in [6.45, 7) is -0.0489. The van der Waals surface area contributed by atoms with E-state index in [9.17, 15) is 4.79 Å². The van der Waals surface area contributed by atoms with E-state index < -0.39 is 0 Å². The second-order valence-corrected chi connectivity index (χ2v) is 6.61. The molecule has 0 radical (unpaired) electrons. The van der Waals surface area contributed by atoms with Crippen molar-refractivity contribution in [1.82, 2.24) is 0 Å². The monoisotopic (exact) mass is 461 g/mol. The maximum absolute atomic E-state index is 11.8. The number of hydrogen-bond acceptors (Lipinski definition) is 2. The molecule has 0 heterocycles. The summed E-state index contributed by atoms with van der Waals surface area (Å²) in [5, 5.41) is 2.77. The van der Waals surface area contributed by atoms with Crippen molar-refractivity contribution in [3.63, 3.8) is 0 Å². The summed E-state index contributed by atoms with van der Waals surface area (Å²) >= 11 is 10.1. The summed E-state index contributed by atoms with van der Waals surface area (Å²) in [6.07, 6.45) is 0. The Kier molecular flexibility index (Phi) is 5.63. The quantitative estimate of drug-likeness (QED) is 0.693. The van der Waals surface area contributed by atoms with Crippen LogP contribution in [0.15, 0.2) is 55.9 Å². The predicted molar refractivity (Wildman–Crippen MR) is 90.1 cm³/mol. The van der Waals surface area contributed by atoms with Crippen molar-refractivity contribution in [2.45, 2.75) is 0 Å². The van der Waals surface area contributed by atoms with Crippen LogP contribution in [0.3, 0.4) is 0 Å². The Morgan fingerprint density at radius 1 is 1.05 bits per heavy atom. The molecule has 0 spiro atoms. The van der Waals surface area contributed by atoms with Crippen LogP contribution >= 0.6 is 47.8 Å². The minimum atomic E-state index is -0.210. The van der Waals surface area contributed by atoms with Gasteiger partial charge in [0.2, 0.25) is 0 Å². The fourth-order valence-corrected chi connectivity index (χ4v) is 3.06. The Morgan fingerprint density at radius 3 is 2.50 bits per heavy atom. The number of anilines is 1. The molecule has 0 bridgehead atoms. The number of hydrogen-bond donors (Lipinski definition) is 1. The summed E-state index contributed by atoms with van der Waals surface area (Å²) in [5.41, 5.74) is 0.725. The molecular weight excluding hydrogens is 454 g/mol. The number of ether oxygens (including phenoxy) is 1. The van der Waals surface area contributed by atoms with Crippen LogP contribution in [0.4, 0.5) is 5.69 Å². The summed E-state index contributed by atoms with van der Waals surface area (Å²) in [5.74, 6) is 0.413. The van der Waals surface area contributed by atoms with Gasteiger partial charge in [0.1, 0.15) is 5.75 Å². The average Bonchev–Trinajstić information content (AvgIpc) is 2.37. The van der Waals surface area contributed by atoms with E-state index in [2.05, 4.69) is 53.1 Å². The fraction of sp³-hybridized carbons (Fsp3) is 0.0714. The highest BCUT2D eigenvalue weighted by Gasteiger charge is 2.06. The first-order valence-corrected chi connectivity index (χ1v) is 8.06. The summed E-state index contributed by atoms with van der Waals surface area (Å²) in [4.78, 5) is 11.8. The maximum Gasteiger partial charge on any atom is 0.262 e. The molecule has 104 valence electrons. The zero-order valence-electron chi connectivity index (χ0n) is 10.2. The lowest BCUT2D eigenvalue weighted by atomic mass is 10.3. The molecule has 0 aromatic heterocycles. The third-order valence-electron chi connectivity index (χ3n) is 2.36. The standard InChI is InChI=1S/C14H10Br3NO2/c15-9-2-1-3-11(6-9)18-14(19)8-20-13-5-4-10(16)7-12(13)17/h1-7H,8H2,(H,18,19). The molecule has 1 N–H and O–H groups in total. The van der Waals surface area contributed by atoms with Crippen LogP contribution in [0, 0.1) is 0 Å². The molecule has 2 aromatic carbocycles. The fourth-order valence-electron chi connectivity index (χ4n) is 1.50. The molecule has 0 atom stereocenters. The van der Waals surface area contributed by atoms with Crippen LogP contribution < -0.4 is 10.1 Å². The van der Waals surface area contributed by atoms with Crippen molar-refractivity contribution in [1.29, 1.82) is 0 Å². The van der Waals surface area contributed by atoms with Crippen molar-refractivity contribution < 1.29 is 9.53 Å². The zero-order valence-corrected chi connectivity index (χ0v) is 15.0. The van der Waals surface area contributed by atoms with E-state index in [1.54, 1.807) is 6.07 Å². The molecule has 0 saturated heterocycles. The predicted octanol–water partition coefficient (Wildman–Crippen LogP) is 4.99. The molecule has 2 rings (SSSR count). The molecule has 2 aromatic rings. The Bertz CT molecular complexity index is 632. The number of nitrogens with one attached hydrogen (secondary N) is 1. The van der Waals surface area contributed by atoms with Gasteiger partial charge in [0.15, 0.2) is 6.61 Å². The summed E-state index contributed by atoms with van der Waals surface area (Å²) in [6, 6.07) is 12.9. The molecule has 0 aliphatic carbocycles. The van der Waals surface area contributed by atoms with Crippen molar-refractivity contribution in [3.8, 4) is 5.75 Å². The second kappa shape index (κ2) is 7.24. The number of carbonyl (C=O) groups excluding carboxylic acids is 1. The molecule has 0 saturated carbocycles. The Morgan fingerprint density at radius 2 is 1.80 bits per heavy atom. The highest BCUT2D eigenvalue weighted by atomic mass is 79.9. The normalized spacial score (nSPS) is 10.2. The lowest BCUT2D eigenvalue weighted by Gasteiger charge is -2.09. The lowest BCUT2D eigenvalue weighted by molar-refractivity contribution is -0.118. The molecule has 3 nitrogen and oxygen atoms in total. The SMILES string of the molecule is O=C(COc1ccc(Br)cc1Br)Nc1cccc(Br)c1. The number of amides is 1. The van der Waals surface area contributed by atoms with Crippen molar-refractivity contribution in [2.75, 3.05) is 11.9 Å². The largest absolute Gasteiger partial charge is 0.483 e. The number of benzene rings is 2. The van der Waals surface area contributed by atoms with Crippen LogP contribution in [0.25, 0.3) is 0 Å². The van der Waals surface area contributed by atoms with Crippen LogP contribution in [0.5, 0.6) is 5.75 Å². The molecule has 6 heteroatoms. The van der Waals surface area contributed by atoms with Crippen LogP contribution in [0.1, 0.15) is 0 Å². The third kappa shape index (κ3) is 4.61. The van der Waals surface area contributed by atoms with Gasteiger partial charge < -0.3 is 10.1 Å². The van der Waals surface area contributed by atoms with Gasteiger partial charge in [-0.3, -0.25) is 4.79 Å². The van der Waals surface area contributed by atoms with E-state index in [0.29, 0.717) is 5.75 Å². The highest BCUT2D eigenvalue weighted by molar-refractivity contribution is 9.11. The minimum Gasteiger partial charge on any atom is -0.483 e. The number of halogens is 3. The van der Waals surface area contributed by atoms with E-state index in [4.69, 9.17) is 4.74 Å². The van der Waals surface area contributed by atoms with Gasteiger partial charge in [0.25, 0.3) is 5.91 Å². The Hall–Kier alpha value is -0.850. The van der Waals surface area contributed by atoms with Crippen molar-refractivity contribution in [3.05, 3.63) is 55.9 Å². The van der Waals surface area contributed by atoms with Crippen LogP contribution in [-0.4, -0.2) is 12.5 Å². The molecule has 0 aliphatic rings. The Labute approximate surface area is 142 Å². The van der Waals surface area contributed by atoms with E-state index >= 15 is 0 Å². The highest BCUT2D eigenvalue weighted by Crippen LogP contribution is 2.28. The number of carbonyl (C=O) groups is 1. The van der Waals surface area contributed by atoms with Crippen molar-refractivity contribution >= 4 is 59.4 Å². The molecule has 0 unspecified atom stereocenters. The van der Waals surface area contributed by atoms with Gasteiger partial charge in [-0.1, -0.05) is 37.9 Å². The maximum atomic E-state index is 11.8. The van der Waals surface area contributed by atoms with Gasteiger partial charge >= 0.3 is 0 Å². The first kappa shape index (κ1) is 15.5. The van der Waals surface area contributed by atoms with Gasteiger partial charge in [-0.15, -0.1) is 0 Å². The van der Waals surface area contributed by atoms with Gasteiger partial charge in [-0.25, -0.2) is 0 Å². The summed E-state index contributed by atoms with van der Waals surface area (Å²) < 4.78 is 8.11. The number of rotatable bonds is 4. The zero-order chi connectivity index (χ0) is 14.5. The second-order valence-electron chi connectivity index (χ2n) is 3.92. The van der Waals surface area contributed by atoms with Gasteiger partial charge in [-0.05, 0) is 52.3 Å². The van der Waals surface area contributed by atoms with Gasteiger partial charge in [0.05, 0.1) is 4.47 Å². The van der Waals surface area contributed by atoms with E-state index in [1.807, 2.05) is 36.4 Å².